The van der Waals surface area contributed by atoms with Gasteiger partial charge in [0.1, 0.15) is 0 Å². The van der Waals surface area contributed by atoms with Crippen molar-refractivity contribution in [3.63, 3.8) is 0 Å². The van der Waals surface area contributed by atoms with Crippen molar-refractivity contribution in [2.45, 2.75) is 43.8 Å². The fourth-order valence-electron chi connectivity index (χ4n) is 2.88. The Morgan fingerprint density at radius 2 is 2.00 bits per heavy atom. The van der Waals surface area contributed by atoms with Gasteiger partial charge in [0.25, 0.3) is 0 Å². The summed E-state index contributed by atoms with van der Waals surface area (Å²) in [5, 5.41) is 7.78. The van der Waals surface area contributed by atoms with E-state index in [2.05, 4.69) is 5.32 Å². The summed E-state index contributed by atoms with van der Waals surface area (Å²) >= 11 is 0. The van der Waals surface area contributed by atoms with Gasteiger partial charge in [0.05, 0.1) is 10.5 Å². The number of benzene rings is 1. The highest BCUT2D eigenvalue weighted by Gasteiger charge is 2.37. The largest absolute Gasteiger partial charge is 0.418 e. The fraction of sp³-hybridized carbons (Fsp3) is 0.562. The molecule has 0 radical (unpaired) electrons. The molecule has 2 rings (SSSR count). The van der Waals surface area contributed by atoms with Crippen molar-refractivity contribution in [2.24, 2.45) is 11.1 Å². The van der Waals surface area contributed by atoms with Crippen LogP contribution in [0.3, 0.4) is 0 Å². The molecule has 0 aliphatic carbocycles. The molecule has 1 atom stereocenters. The van der Waals surface area contributed by atoms with Gasteiger partial charge in [0, 0.05) is 30.7 Å². The molecule has 6 nitrogen and oxygen atoms in total. The van der Waals surface area contributed by atoms with Crippen molar-refractivity contribution in [3.8, 4) is 0 Å². The highest BCUT2D eigenvalue weighted by Crippen LogP contribution is 2.38. The second-order valence-electron chi connectivity index (χ2n) is 6.67. The third-order valence-electron chi connectivity index (χ3n) is 4.23. The number of sulfonamides is 1. The number of piperidine rings is 1. The van der Waals surface area contributed by atoms with Crippen molar-refractivity contribution >= 4 is 21.6 Å². The third-order valence-corrected chi connectivity index (χ3v) is 5.15. The number of anilines is 1. The number of hydrogen-bond donors (Lipinski definition) is 2. The minimum Gasteiger partial charge on any atom is -0.369 e. The fourth-order valence-corrected chi connectivity index (χ4v) is 3.42. The number of amides is 1. The number of halogens is 3. The second kappa shape index (κ2) is 7.43. The lowest BCUT2D eigenvalue weighted by molar-refractivity contribution is -0.137. The maximum absolute atomic E-state index is 13.5. The molecule has 0 saturated carbocycles. The Labute approximate surface area is 150 Å². The van der Waals surface area contributed by atoms with E-state index in [4.69, 9.17) is 5.14 Å². The molecule has 1 amide bonds. The topological polar surface area (TPSA) is 92.5 Å². The maximum atomic E-state index is 13.5. The molecule has 26 heavy (non-hydrogen) atoms. The summed E-state index contributed by atoms with van der Waals surface area (Å²) in [7, 11) is -4.24. The van der Waals surface area contributed by atoms with E-state index in [0.717, 1.165) is 12.1 Å². The molecule has 1 heterocycles. The number of nitrogens with zero attached hydrogens (tertiary/aromatic N) is 1. The normalized spacial score (nSPS) is 18.9. The van der Waals surface area contributed by atoms with Gasteiger partial charge in [-0.1, -0.05) is 13.8 Å². The molecule has 0 aromatic heterocycles. The number of rotatable bonds is 4. The molecule has 1 fully saturated rings. The van der Waals surface area contributed by atoms with Crippen LogP contribution in [0.2, 0.25) is 0 Å². The first-order chi connectivity index (χ1) is 11.9. The summed E-state index contributed by atoms with van der Waals surface area (Å²) in [5.74, 6) is -0.373. The van der Waals surface area contributed by atoms with Crippen LogP contribution in [0, 0.1) is 5.92 Å². The third kappa shape index (κ3) is 4.88. The lowest BCUT2D eigenvalue weighted by Gasteiger charge is -2.36. The van der Waals surface area contributed by atoms with Gasteiger partial charge in [0.15, 0.2) is 0 Å². The van der Waals surface area contributed by atoms with E-state index < -0.39 is 26.7 Å². The van der Waals surface area contributed by atoms with Crippen molar-refractivity contribution in [2.75, 3.05) is 18.0 Å². The van der Waals surface area contributed by atoms with Gasteiger partial charge in [-0.3, -0.25) is 4.79 Å². The van der Waals surface area contributed by atoms with Crippen LogP contribution in [0.25, 0.3) is 0 Å². The van der Waals surface area contributed by atoms with E-state index in [0.29, 0.717) is 25.5 Å². The molecule has 1 aromatic carbocycles. The number of nitrogens with two attached hydrogens (primary N) is 1. The van der Waals surface area contributed by atoms with Gasteiger partial charge in [-0.15, -0.1) is 0 Å². The molecule has 1 saturated heterocycles. The van der Waals surface area contributed by atoms with Crippen molar-refractivity contribution in [1.82, 2.24) is 5.32 Å². The van der Waals surface area contributed by atoms with Crippen LogP contribution in [0.1, 0.15) is 32.3 Å². The Bertz CT molecular complexity index is 779. The predicted octanol–water partition coefficient (Wildman–Crippen LogP) is 2.09. The Morgan fingerprint density at radius 1 is 1.35 bits per heavy atom. The Hall–Kier alpha value is -1.81. The summed E-state index contributed by atoms with van der Waals surface area (Å²) in [5.41, 5.74) is -1.17. The van der Waals surface area contributed by atoms with E-state index >= 15 is 0 Å². The van der Waals surface area contributed by atoms with Crippen LogP contribution in [0.5, 0.6) is 0 Å². The predicted molar refractivity (Wildman–Crippen MR) is 91.0 cm³/mol. The molecule has 1 aliphatic rings. The van der Waals surface area contributed by atoms with Gasteiger partial charge in [-0.25, -0.2) is 13.6 Å². The minimum atomic E-state index is -4.73. The van der Waals surface area contributed by atoms with E-state index in [-0.39, 0.29) is 30.1 Å². The molecule has 0 spiro atoms. The van der Waals surface area contributed by atoms with Crippen LogP contribution in [0.4, 0.5) is 18.9 Å². The van der Waals surface area contributed by atoms with E-state index in [1.165, 1.54) is 4.90 Å². The standard InChI is InChI=1S/C16H22F3N3O3S/c1-10(2)15(23)21-11-4-3-7-22(9-11)14-6-5-12(26(20,24)25)8-13(14)16(17,18)19/h5-6,8,10-11H,3-4,7,9H2,1-2H3,(H,21,23)(H2,20,24,25). The minimum absolute atomic E-state index is 0.117. The van der Waals surface area contributed by atoms with Gasteiger partial charge < -0.3 is 10.2 Å². The number of carbonyl (C=O) groups excluding carboxylic acids is 1. The lowest BCUT2D eigenvalue weighted by Crippen LogP contribution is -2.49. The lowest BCUT2D eigenvalue weighted by atomic mass is 10.0. The molecule has 146 valence electrons. The first-order valence-electron chi connectivity index (χ1n) is 8.19. The van der Waals surface area contributed by atoms with Gasteiger partial charge in [-0.05, 0) is 31.0 Å². The number of carbonyl (C=O) groups is 1. The van der Waals surface area contributed by atoms with Crippen LogP contribution >= 0.6 is 0 Å². The highest BCUT2D eigenvalue weighted by atomic mass is 32.2. The molecule has 10 heteroatoms. The molecule has 1 aromatic rings. The van der Waals surface area contributed by atoms with Crippen molar-refractivity contribution in [1.29, 1.82) is 0 Å². The molecule has 1 aliphatic heterocycles. The SMILES string of the molecule is CC(C)C(=O)NC1CCCN(c2ccc(S(N)(=O)=O)cc2C(F)(F)F)C1. The zero-order valence-corrected chi connectivity index (χ0v) is 15.3. The number of hydrogen-bond acceptors (Lipinski definition) is 4. The van der Waals surface area contributed by atoms with Gasteiger partial charge in [0.2, 0.25) is 15.9 Å². The average Bonchev–Trinajstić information content (AvgIpc) is 2.52. The van der Waals surface area contributed by atoms with Crippen LogP contribution in [-0.2, 0) is 21.0 Å². The Morgan fingerprint density at radius 3 is 2.54 bits per heavy atom. The quantitative estimate of drug-likeness (QED) is 0.819. The van der Waals surface area contributed by atoms with Gasteiger partial charge in [-0.2, -0.15) is 13.2 Å². The van der Waals surface area contributed by atoms with E-state index in [9.17, 15) is 26.4 Å². The maximum Gasteiger partial charge on any atom is 0.418 e. The number of primary sulfonamides is 1. The first kappa shape index (κ1) is 20.5. The monoisotopic (exact) mass is 393 g/mol. The first-order valence-corrected chi connectivity index (χ1v) is 9.73. The summed E-state index contributed by atoms with van der Waals surface area (Å²) in [4.78, 5) is 12.8. The molecule has 0 bridgehead atoms. The average molecular weight is 393 g/mol. The highest BCUT2D eigenvalue weighted by molar-refractivity contribution is 7.89. The second-order valence-corrected chi connectivity index (χ2v) is 8.23. The Balaban J connectivity index is 2.33. The zero-order valence-electron chi connectivity index (χ0n) is 14.5. The van der Waals surface area contributed by atoms with Crippen molar-refractivity contribution in [3.05, 3.63) is 23.8 Å². The molecule has 3 N–H and O–H groups in total. The number of alkyl halides is 3. The number of nitrogens with one attached hydrogen (secondary N) is 1. The van der Waals surface area contributed by atoms with E-state index in [1.807, 2.05) is 0 Å². The summed E-state index contributed by atoms with van der Waals surface area (Å²) < 4.78 is 63.1. The van der Waals surface area contributed by atoms with Crippen LogP contribution in [-0.4, -0.2) is 33.5 Å². The van der Waals surface area contributed by atoms with Crippen molar-refractivity contribution < 1.29 is 26.4 Å². The summed E-state index contributed by atoms with van der Waals surface area (Å²) in [6, 6.07) is 2.48. The van der Waals surface area contributed by atoms with Crippen LogP contribution < -0.4 is 15.4 Å². The zero-order chi connectivity index (χ0) is 19.7. The molecular formula is C16H22F3N3O3S. The molecule has 1 unspecified atom stereocenters. The smallest absolute Gasteiger partial charge is 0.369 e. The Kier molecular flexibility index (Phi) is 5.86. The van der Waals surface area contributed by atoms with E-state index in [1.54, 1.807) is 13.8 Å². The van der Waals surface area contributed by atoms with Gasteiger partial charge >= 0.3 is 6.18 Å². The van der Waals surface area contributed by atoms with Crippen LogP contribution in [0.15, 0.2) is 23.1 Å². The summed E-state index contributed by atoms with van der Waals surface area (Å²) in [6.07, 6.45) is -3.45. The molecular weight excluding hydrogens is 371 g/mol. The summed E-state index contributed by atoms with van der Waals surface area (Å²) in [6.45, 7) is 4.08.